The molecule has 0 bridgehead atoms. The standard InChI is InChI=1S/C22H22N2/c1-23-19-13-5-7-15-21(19)24(22-16-8-6-14-20(22)23)17-9-12-18-10-3-2-4-11-18/h2-8,10-11,13-16H,9,12,17H2,1H3. The molecule has 0 N–H and O–H groups in total. The third-order valence-electron chi connectivity index (χ3n) is 4.76. The van der Waals surface area contributed by atoms with Crippen LogP contribution in [-0.2, 0) is 6.42 Å². The van der Waals surface area contributed by atoms with Crippen LogP contribution in [-0.4, -0.2) is 13.6 Å². The van der Waals surface area contributed by atoms with E-state index in [-0.39, 0.29) is 0 Å². The number of para-hydroxylation sites is 4. The summed E-state index contributed by atoms with van der Waals surface area (Å²) in [5.74, 6) is 0. The van der Waals surface area contributed by atoms with Gasteiger partial charge in [-0.1, -0.05) is 54.6 Å². The average molecular weight is 314 g/mol. The van der Waals surface area contributed by atoms with Crippen LogP contribution in [0.4, 0.5) is 22.7 Å². The highest BCUT2D eigenvalue weighted by molar-refractivity contribution is 5.92. The SMILES string of the molecule is CN1c2ccccc2N(CCCc2ccccc2)c2ccccc21. The van der Waals surface area contributed by atoms with E-state index >= 15 is 0 Å². The van der Waals surface area contributed by atoms with Crippen molar-refractivity contribution in [2.45, 2.75) is 12.8 Å². The van der Waals surface area contributed by atoms with Crippen LogP contribution in [0.2, 0.25) is 0 Å². The van der Waals surface area contributed by atoms with Crippen molar-refractivity contribution < 1.29 is 0 Å². The van der Waals surface area contributed by atoms with Crippen molar-refractivity contribution in [1.29, 1.82) is 0 Å². The van der Waals surface area contributed by atoms with Crippen molar-refractivity contribution in [2.24, 2.45) is 0 Å². The zero-order chi connectivity index (χ0) is 16.4. The van der Waals surface area contributed by atoms with Gasteiger partial charge >= 0.3 is 0 Å². The van der Waals surface area contributed by atoms with E-state index < -0.39 is 0 Å². The number of hydrogen-bond acceptors (Lipinski definition) is 2. The van der Waals surface area contributed by atoms with E-state index in [2.05, 4.69) is 95.7 Å². The Morgan fingerprint density at radius 3 is 1.71 bits per heavy atom. The maximum Gasteiger partial charge on any atom is 0.0652 e. The highest BCUT2D eigenvalue weighted by Crippen LogP contribution is 2.46. The zero-order valence-corrected chi connectivity index (χ0v) is 14.0. The maximum atomic E-state index is 2.47. The number of nitrogens with zero attached hydrogens (tertiary/aromatic N) is 2. The Hall–Kier alpha value is -2.74. The second kappa shape index (κ2) is 6.40. The van der Waals surface area contributed by atoms with E-state index in [0.717, 1.165) is 19.4 Å². The van der Waals surface area contributed by atoms with Crippen LogP contribution in [0.25, 0.3) is 0 Å². The predicted molar refractivity (Wildman–Crippen MR) is 103 cm³/mol. The molecule has 1 aliphatic rings. The first-order valence-electron chi connectivity index (χ1n) is 8.58. The minimum atomic E-state index is 1.02. The molecule has 1 heterocycles. The highest BCUT2D eigenvalue weighted by Gasteiger charge is 2.25. The van der Waals surface area contributed by atoms with E-state index in [1.165, 1.54) is 28.3 Å². The first-order chi connectivity index (χ1) is 11.8. The molecule has 2 nitrogen and oxygen atoms in total. The van der Waals surface area contributed by atoms with Crippen LogP contribution in [0, 0.1) is 0 Å². The summed E-state index contributed by atoms with van der Waals surface area (Å²) < 4.78 is 0. The Bertz CT molecular complexity index is 779. The third-order valence-corrected chi connectivity index (χ3v) is 4.76. The number of anilines is 4. The summed E-state index contributed by atoms with van der Waals surface area (Å²) in [7, 11) is 2.15. The number of hydrogen-bond donors (Lipinski definition) is 0. The van der Waals surface area contributed by atoms with Gasteiger partial charge < -0.3 is 9.80 Å². The van der Waals surface area contributed by atoms with Gasteiger partial charge in [0.1, 0.15) is 0 Å². The topological polar surface area (TPSA) is 6.48 Å². The summed E-state index contributed by atoms with van der Waals surface area (Å²) in [6.45, 7) is 1.02. The Morgan fingerprint density at radius 1 is 0.625 bits per heavy atom. The predicted octanol–water partition coefficient (Wildman–Crippen LogP) is 5.54. The molecule has 0 saturated carbocycles. The largest absolute Gasteiger partial charge is 0.341 e. The summed E-state index contributed by atoms with van der Waals surface area (Å²) in [6, 6.07) is 28.1. The van der Waals surface area contributed by atoms with Gasteiger partial charge in [-0.3, -0.25) is 0 Å². The molecule has 0 amide bonds. The molecule has 0 radical (unpaired) electrons. The normalized spacial score (nSPS) is 12.7. The molecule has 2 heteroatoms. The van der Waals surface area contributed by atoms with Crippen LogP contribution in [0.15, 0.2) is 78.9 Å². The third kappa shape index (κ3) is 2.65. The van der Waals surface area contributed by atoms with Gasteiger partial charge in [0, 0.05) is 13.6 Å². The van der Waals surface area contributed by atoms with Crippen molar-refractivity contribution in [3.8, 4) is 0 Å². The van der Waals surface area contributed by atoms with Gasteiger partial charge in [0.2, 0.25) is 0 Å². The van der Waals surface area contributed by atoms with Crippen LogP contribution in [0.1, 0.15) is 12.0 Å². The fraction of sp³-hybridized carbons (Fsp3) is 0.182. The molecule has 0 aliphatic carbocycles. The Kier molecular flexibility index (Phi) is 3.96. The monoisotopic (exact) mass is 314 g/mol. The van der Waals surface area contributed by atoms with E-state index in [1.807, 2.05) is 0 Å². The van der Waals surface area contributed by atoms with Crippen molar-refractivity contribution in [1.82, 2.24) is 0 Å². The van der Waals surface area contributed by atoms with E-state index in [0.29, 0.717) is 0 Å². The molecular weight excluding hydrogens is 292 g/mol. The van der Waals surface area contributed by atoms with Crippen molar-refractivity contribution in [3.63, 3.8) is 0 Å². The van der Waals surface area contributed by atoms with Crippen LogP contribution >= 0.6 is 0 Å². The minimum Gasteiger partial charge on any atom is -0.341 e. The molecule has 0 spiro atoms. The number of fused-ring (bicyclic) bond motifs is 2. The van der Waals surface area contributed by atoms with Crippen LogP contribution in [0.5, 0.6) is 0 Å². The fourth-order valence-electron chi connectivity index (χ4n) is 3.54. The molecule has 0 saturated heterocycles. The lowest BCUT2D eigenvalue weighted by atomic mass is 10.1. The van der Waals surface area contributed by atoms with Gasteiger partial charge in [0.15, 0.2) is 0 Å². The van der Waals surface area contributed by atoms with Gasteiger partial charge in [-0.25, -0.2) is 0 Å². The quantitative estimate of drug-likeness (QED) is 0.624. The molecule has 4 rings (SSSR count). The van der Waals surface area contributed by atoms with Crippen molar-refractivity contribution in [3.05, 3.63) is 84.4 Å². The fourth-order valence-corrected chi connectivity index (χ4v) is 3.54. The van der Waals surface area contributed by atoms with Crippen LogP contribution < -0.4 is 9.80 Å². The first-order valence-corrected chi connectivity index (χ1v) is 8.58. The Balaban J connectivity index is 1.61. The molecule has 0 aromatic heterocycles. The molecule has 3 aromatic carbocycles. The molecule has 3 aromatic rings. The van der Waals surface area contributed by atoms with Gasteiger partial charge in [0.25, 0.3) is 0 Å². The van der Waals surface area contributed by atoms with E-state index in [4.69, 9.17) is 0 Å². The molecule has 1 aliphatic heterocycles. The van der Waals surface area contributed by atoms with Crippen LogP contribution in [0.3, 0.4) is 0 Å². The second-order valence-corrected chi connectivity index (χ2v) is 6.28. The van der Waals surface area contributed by atoms with Gasteiger partial charge in [-0.05, 0) is 42.7 Å². The minimum absolute atomic E-state index is 1.02. The van der Waals surface area contributed by atoms with E-state index in [1.54, 1.807) is 0 Å². The summed E-state index contributed by atoms with van der Waals surface area (Å²) in [5, 5.41) is 0. The van der Waals surface area contributed by atoms with E-state index in [9.17, 15) is 0 Å². The Morgan fingerprint density at radius 2 is 1.12 bits per heavy atom. The summed E-state index contributed by atoms with van der Waals surface area (Å²) in [5.41, 5.74) is 6.55. The summed E-state index contributed by atoms with van der Waals surface area (Å²) in [6.07, 6.45) is 2.24. The van der Waals surface area contributed by atoms with Gasteiger partial charge in [0.05, 0.1) is 22.7 Å². The van der Waals surface area contributed by atoms with Gasteiger partial charge in [-0.15, -0.1) is 0 Å². The number of aryl methyl sites for hydroxylation is 1. The maximum absolute atomic E-state index is 2.47. The zero-order valence-electron chi connectivity index (χ0n) is 14.0. The highest BCUT2D eigenvalue weighted by atomic mass is 15.3. The molecule has 120 valence electrons. The molecule has 24 heavy (non-hydrogen) atoms. The lowest BCUT2D eigenvalue weighted by Gasteiger charge is -2.38. The first kappa shape index (κ1) is 14.8. The second-order valence-electron chi connectivity index (χ2n) is 6.28. The molecule has 0 fully saturated rings. The lowest BCUT2D eigenvalue weighted by molar-refractivity contribution is 0.802. The molecule has 0 unspecified atom stereocenters. The van der Waals surface area contributed by atoms with Crippen molar-refractivity contribution in [2.75, 3.05) is 23.4 Å². The summed E-state index contributed by atoms with van der Waals surface area (Å²) >= 11 is 0. The summed E-state index contributed by atoms with van der Waals surface area (Å²) in [4.78, 5) is 4.76. The van der Waals surface area contributed by atoms with Gasteiger partial charge in [-0.2, -0.15) is 0 Å². The molecule has 0 atom stereocenters. The van der Waals surface area contributed by atoms with Crippen molar-refractivity contribution >= 4 is 22.7 Å². The smallest absolute Gasteiger partial charge is 0.0652 e. The lowest BCUT2D eigenvalue weighted by Crippen LogP contribution is -2.28. The number of rotatable bonds is 4. The Labute approximate surface area is 144 Å². The molecular formula is C22H22N2. The number of benzene rings is 3. The average Bonchev–Trinajstić information content (AvgIpc) is 2.65.